The van der Waals surface area contributed by atoms with Crippen LogP contribution in [0, 0.1) is 6.92 Å². The first kappa shape index (κ1) is 12.4. The zero-order chi connectivity index (χ0) is 12.6. The topological polar surface area (TPSA) is 46.2 Å². The fourth-order valence-electron chi connectivity index (χ4n) is 2.36. The summed E-state index contributed by atoms with van der Waals surface area (Å²) in [6.45, 7) is 6.30. The normalized spacial score (nSPS) is 17.5. The molecule has 0 amide bonds. The number of aryl methyl sites for hydroxylation is 1. The molecule has 17 heavy (non-hydrogen) atoms. The van der Waals surface area contributed by atoms with Gasteiger partial charge < -0.3 is 10.8 Å². The quantitative estimate of drug-likeness (QED) is 0.838. The van der Waals surface area contributed by atoms with E-state index in [0.29, 0.717) is 11.7 Å². The Morgan fingerprint density at radius 3 is 2.53 bits per heavy atom. The monoisotopic (exact) mass is 233 g/mol. The van der Waals surface area contributed by atoms with Crippen molar-refractivity contribution in [2.75, 3.05) is 0 Å². The molecule has 0 heterocycles. The SMILES string of the molecule is Cc1ccc(C(C)C)c(CCC2(N)CC2)c1O. The van der Waals surface area contributed by atoms with Crippen molar-refractivity contribution in [2.45, 2.75) is 57.9 Å². The molecule has 1 saturated carbocycles. The van der Waals surface area contributed by atoms with Gasteiger partial charge in [-0.2, -0.15) is 0 Å². The summed E-state index contributed by atoms with van der Waals surface area (Å²) in [6, 6.07) is 4.15. The summed E-state index contributed by atoms with van der Waals surface area (Å²) >= 11 is 0. The molecular formula is C15H23NO. The Bertz CT molecular complexity index is 419. The van der Waals surface area contributed by atoms with Gasteiger partial charge in [0.15, 0.2) is 0 Å². The molecule has 94 valence electrons. The van der Waals surface area contributed by atoms with Gasteiger partial charge in [0.25, 0.3) is 0 Å². The van der Waals surface area contributed by atoms with Gasteiger partial charge in [-0.05, 0) is 55.2 Å². The van der Waals surface area contributed by atoms with Crippen molar-refractivity contribution < 1.29 is 5.11 Å². The van der Waals surface area contributed by atoms with E-state index in [0.717, 1.165) is 36.8 Å². The van der Waals surface area contributed by atoms with E-state index in [-0.39, 0.29) is 5.54 Å². The van der Waals surface area contributed by atoms with E-state index in [4.69, 9.17) is 5.73 Å². The summed E-state index contributed by atoms with van der Waals surface area (Å²) < 4.78 is 0. The summed E-state index contributed by atoms with van der Waals surface area (Å²) in [5.74, 6) is 0.921. The van der Waals surface area contributed by atoms with Gasteiger partial charge in [-0.15, -0.1) is 0 Å². The lowest BCUT2D eigenvalue weighted by atomic mass is 9.90. The minimum Gasteiger partial charge on any atom is -0.507 e. The second kappa shape index (κ2) is 4.34. The predicted molar refractivity (Wildman–Crippen MR) is 71.4 cm³/mol. The number of rotatable bonds is 4. The Hall–Kier alpha value is -1.02. The van der Waals surface area contributed by atoms with Crippen molar-refractivity contribution in [3.63, 3.8) is 0 Å². The molecule has 0 spiro atoms. The maximum Gasteiger partial charge on any atom is 0.121 e. The van der Waals surface area contributed by atoms with Gasteiger partial charge in [-0.1, -0.05) is 26.0 Å². The van der Waals surface area contributed by atoms with E-state index in [1.807, 2.05) is 13.0 Å². The zero-order valence-corrected chi connectivity index (χ0v) is 11.1. The number of phenols is 1. The number of hydrogen-bond acceptors (Lipinski definition) is 2. The zero-order valence-electron chi connectivity index (χ0n) is 11.1. The van der Waals surface area contributed by atoms with Crippen LogP contribution in [0.4, 0.5) is 0 Å². The van der Waals surface area contributed by atoms with Crippen LogP contribution < -0.4 is 5.73 Å². The summed E-state index contributed by atoms with van der Waals surface area (Å²) in [6.07, 6.45) is 4.16. The molecule has 0 unspecified atom stereocenters. The molecule has 1 aliphatic carbocycles. The molecular weight excluding hydrogens is 210 g/mol. The highest BCUT2D eigenvalue weighted by molar-refractivity contribution is 5.46. The molecule has 2 nitrogen and oxygen atoms in total. The lowest BCUT2D eigenvalue weighted by Crippen LogP contribution is -2.22. The molecule has 2 heteroatoms. The first-order valence-electron chi connectivity index (χ1n) is 6.53. The Labute approximate surface area is 104 Å². The van der Waals surface area contributed by atoms with Crippen molar-refractivity contribution in [2.24, 2.45) is 5.73 Å². The van der Waals surface area contributed by atoms with Gasteiger partial charge in [0.1, 0.15) is 5.75 Å². The highest BCUT2D eigenvalue weighted by Crippen LogP contribution is 2.39. The number of benzene rings is 1. The van der Waals surface area contributed by atoms with Crippen molar-refractivity contribution in [3.8, 4) is 5.75 Å². The van der Waals surface area contributed by atoms with Crippen LogP contribution in [0.3, 0.4) is 0 Å². The van der Waals surface area contributed by atoms with Gasteiger partial charge >= 0.3 is 0 Å². The smallest absolute Gasteiger partial charge is 0.121 e. The molecule has 1 aromatic rings. The van der Waals surface area contributed by atoms with Crippen LogP contribution in [0.1, 0.15) is 55.7 Å². The molecule has 1 aliphatic rings. The van der Waals surface area contributed by atoms with Crippen LogP contribution in [0.25, 0.3) is 0 Å². The highest BCUT2D eigenvalue weighted by Gasteiger charge is 2.37. The molecule has 1 aromatic carbocycles. The molecule has 0 aromatic heterocycles. The van der Waals surface area contributed by atoms with Crippen LogP contribution in [-0.2, 0) is 6.42 Å². The van der Waals surface area contributed by atoms with Gasteiger partial charge in [0.2, 0.25) is 0 Å². The second-order valence-electron chi connectivity index (χ2n) is 5.82. The van der Waals surface area contributed by atoms with E-state index in [1.54, 1.807) is 0 Å². The van der Waals surface area contributed by atoms with E-state index in [9.17, 15) is 5.11 Å². The molecule has 0 aliphatic heterocycles. The van der Waals surface area contributed by atoms with Crippen LogP contribution in [-0.4, -0.2) is 10.6 Å². The molecule has 1 fully saturated rings. The van der Waals surface area contributed by atoms with Gasteiger partial charge in [-0.3, -0.25) is 0 Å². The maximum atomic E-state index is 10.2. The van der Waals surface area contributed by atoms with E-state index < -0.39 is 0 Å². The number of hydrogen-bond donors (Lipinski definition) is 2. The third-order valence-corrected chi connectivity index (χ3v) is 3.91. The van der Waals surface area contributed by atoms with Crippen LogP contribution in [0.5, 0.6) is 5.75 Å². The third kappa shape index (κ3) is 2.63. The third-order valence-electron chi connectivity index (χ3n) is 3.91. The van der Waals surface area contributed by atoms with Crippen LogP contribution in [0.15, 0.2) is 12.1 Å². The lowest BCUT2D eigenvalue weighted by molar-refractivity contribution is 0.458. The van der Waals surface area contributed by atoms with Gasteiger partial charge in [-0.25, -0.2) is 0 Å². The average molecular weight is 233 g/mol. The fourth-order valence-corrected chi connectivity index (χ4v) is 2.36. The summed E-state index contributed by atoms with van der Waals surface area (Å²) in [5, 5.41) is 10.2. The molecule has 3 N–H and O–H groups in total. The Balaban J connectivity index is 2.25. The number of nitrogens with two attached hydrogens (primary N) is 1. The van der Waals surface area contributed by atoms with Crippen molar-refractivity contribution in [1.82, 2.24) is 0 Å². The first-order chi connectivity index (χ1) is 7.93. The minimum atomic E-state index is 0.0600. The van der Waals surface area contributed by atoms with Gasteiger partial charge in [0, 0.05) is 5.54 Å². The maximum absolute atomic E-state index is 10.2. The predicted octanol–water partition coefficient (Wildman–Crippen LogP) is 3.25. The van der Waals surface area contributed by atoms with Crippen molar-refractivity contribution in [1.29, 1.82) is 0 Å². The Morgan fingerprint density at radius 2 is 2.00 bits per heavy atom. The number of phenolic OH excluding ortho intramolecular Hbond substituents is 1. The Kier molecular flexibility index (Phi) is 3.17. The fraction of sp³-hybridized carbons (Fsp3) is 0.600. The largest absolute Gasteiger partial charge is 0.507 e. The molecule has 0 saturated heterocycles. The number of aromatic hydroxyl groups is 1. The summed E-state index contributed by atoms with van der Waals surface area (Å²) in [7, 11) is 0. The van der Waals surface area contributed by atoms with Crippen molar-refractivity contribution in [3.05, 3.63) is 28.8 Å². The van der Waals surface area contributed by atoms with Crippen LogP contribution >= 0.6 is 0 Å². The minimum absolute atomic E-state index is 0.0600. The van der Waals surface area contributed by atoms with Crippen LogP contribution in [0.2, 0.25) is 0 Å². The molecule has 0 atom stereocenters. The summed E-state index contributed by atoms with van der Waals surface area (Å²) in [5.41, 5.74) is 9.52. The summed E-state index contributed by atoms with van der Waals surface area (Å²) in [4.78, 5) is 0. The second-order valence-corrected chi connectivity index (χ2v) is 5.82. The Morgan fingerprint density at radius 1 is 1.35 bits per heavy atom. The average Bonchev–Trinajstić information content (AvgIpc) is 2.99. The molecule has 0 bridgehead atoms. The van der Waals surface area contributed by atoms with Gasteiger partial charge in [0.05, 0.1) is 0 Å². The molecule has 2 rings (SSSR count). The van der Waals surface area contributed by atoms with E-state index in [1.165, 1.54) is 5.56 Å². The first-order valence-corrected chi connectivity index (χ1v) is 6.53. The van der Waals surface area contributed by atoms with E-state index in [2.05, 4.69) is 19.9 Å². The standard InChI is InChI=1S/C15H23NO/c1-10(2)12-5-4-11(3)14(17)13(12)6-7-15(16)8-9-15/h4-5,10,17H,6-9,16H2,1-3H3. The molecule has 0 radical (unpaired) electrons. The van der Waals surface area contributed by atoms with E-state index >= 15 is 0 Å². The highest BCUT2D eigenvalue weighted by atomic mass is 16.3. The lowest BCUT2D eigenvalue weighted by Gasteiger charge is -2.17. The van der Waals surface area contributed by atoms with Crippen molar-refractivity contribution >= 4 is 0 Å².